The van der Waals surface area contributed by atoms with Gasteiger partial charge in [0.15, 0.2) is 0 Å². The molecule has 0 saturated heterocycles. The van der Waals surface area contributed by atoms with Crippen LogP contribution in [0, 0.1) is 28.4 Å². The van der Waals surface area contributed by atoms with Crippen molar-refractivity contribution in [1.29, 1.82) is 5.26 Å². The molecule has 2 unspecified atom stereocenters. The molecule has 3 aliphatic carbocycles. The van der Waals surface area contributed by atoms with Crippen molar-refractivity contribution in [3.05, 3.63) is 51.7 Å². The fourth-order valence-corrected chi connectivity index (χ4v) is 5.01. The Morgan fingerprint density at radius 3 is 2.48 bits per heavy atom. The zero-order valence-corrected chi connectivity index (χ0v) is 13.7. The van der Waals surface area contributed by atoms with E-state index in [1.165, 1.54) is 16.8 Å². The first-order valence-electron chi connectivity index (χ1n) is 8.46. The number of benzene rings is 1. The Balaban J connectivity index is 1.59. The van der Waals surface area contributed by atoms with Crippen LogP contribution >= 0.6 is 0 Å². The second kappa shape index (κ2) is 4.37. The molecule has 0 spiro atoms. The maximum Gasteiger partial charge on any atom is 0.347 e. The Morgan fingerprint density at radius 2 is 1.88 bits per heavy atom. The lowest BCUT2D eigenvalue weighted by Crippen LogP contribution is -2.69. The van der Waals surface area contributed by atoms with Crippen LogP contribution in [0.4, 0.5) is 8.78 Å². The second-order valence-corrected chi connectivity index (χ2v) is 7.92. The summed E-state index contributed by atoms with van der Waals surface area (Å²) in [6.07, 6.45) is 2.60. The van der Waals surface area contributed by atoms with E-state index in [0.717, 1.165) is 6.07 Å². The standard InChI is InChI=1S/C18H16F2N4O/c1-10-2-14(11-3-12(19)5-13(20)4-11)23-15(10)22-24(16(23)25)18-6-17(7-18,8-18)9-21/h3-5,10,14H,2,6-8H2,1H3. The molecular formula is C18H16F2N4O. The first-order valence-corrected chi connectivity index (χ1v) is 8.46. The number of hydrogen-bond donors (Lipinski definition) is 0. The minimum absolute atomic E-state index is 0.0301. The highest BCUT2D eigenvalue weighted by Gasteiger charge is 2.71. The van der Waals surface area contributed by atoms with Gasteiger partial charge in [-0.3, -0.25) is 4.57 Å². The van der Waals surface area contributed by atoms with E-state index in [4.69, 9.17) is 0 Å². The third kappa shape index (κ3) is 1.74. The van der Waals surface area contributed by atoms with Gasteiger partial charge >= 0.3 is 5.69 Å². The molecule has 1 aliphatic heterocycles. The van der Waals surface area contributed by atoms with Gasteiger partial charge in [-0.2, -0.15) is 10.4 Å². The average Bonchev–Trinajstić information content (AvgIpc) is 2.96. The topological polar surface area (TPSA) is 63.6 Å². The number of nitriles is 1. The first kappa shape index (κ1) is 14.8. The minimum Gasteiger partial charge on any atom is -0.271 e. The Labute approximate surface area is 142 Å². The van der Waals surface area contributed by atoms with E-state index in [9.17, 15) is 18.8 Å². The normalized spacial score (nSPS) is 34.8. The van der Waals surface area contributed by atoms with Crippen LogP contribution in [0.2, 0.25) is 0 Å². The van der Waals surface area contributed by atoms with E-state index in [1.54, 1.807) is 4.57 Å². The van der Waals surface area contributed by atoms with Crippen molar-refractivity contribution in [1.82, 2.24) is 14.3 Å². The van der Waals surface area contributed by atoms with Gasteiger partial charge in [-0.1, -0.05) is 6.92 Å². The van der Waals surface area contributed by atoms with Crippen molar-refractivity contribution in [2.75, 3.05) is 0 Å². The summed E-state index contributed by atoms with van der Waals surface area (Å²) in [7, 11) is 0. The van der Waals surface area contributed by atoms with Gasteiger partial charge < -0.3 is 0 Å². The van der Waals surface area contributed by atoms with E-state index >= 15 is 0 Å². The highest BCUT2D eigenvalue weighted by molar-refractivity contribution is 5.30. The lowest BCUT2D eigenvalue weighted by molar-refractivity contribution is -0.155. The number of hydrogen-bond acceptors (Lipinski definition) is 3. The van der Waals surface area contributed by atoms with E-state index < -0.39 is 17.7 Å². The molecule has 2 aromatic rings. The summed E-state index contributed by atoms with van der Waals surface area (Å²) >= 11 is 0. The smallest absolute Gasteiger partial charge is 0.271 e. The molecule has 4 aliphatic rings. The number of fused-ring (bicyclic) bond motifs is 1. The highest BCUT2D eigenvalue weighted by atomic mass is 19.1. The molecule has 2 heterocycles. The SMILES string of the molecule is CC1CC(c2cc(F)cc(F)c2)n2c1nn(C13CC(C#N)(C1)C3)c2=O. The summed E-state index contributed by atoms with van der Waals surface area (Å²) in [6.45, 7) is 1.97. The quantitative estimate of drug-likeness (QED) is 0.843. The molecule has 0 radical (unpaired) electrons. The van der Waals surface area contributed by atoms with Gasteiger partial charge in [0.25, 0.3) is 0 Å². The number of rotatable bonds is 2. The molecule has 0 N–H and O–H groups in total. The van der Waals surface area contributed by atoms with Gasteiger partial charge in [-0.25, -0.2) is 18.3 Å². The van der Waals surface area contributed by atoms with Crippen molar-refractivity contribution < 1.29 is 8.78 Å². The van der Waals surface area contributed by atoms with Crippen LogP contribution in [0.5, 0.6) is 0 Å². The number of halogens is 2. The molecule has 2 bridgehead atoms. The van der Waals surface area contributed by atoms with Crippen LogP contribution in [0.3, 0.4) is 0 Å². The number of nitrogens with zero attached hydrogens (tertiary/aromatic N) is 4. The fourth-order valence-electron chi connectivity index (χ4n) is 5.01. The van der Waals surface area contributed by atoms with E-state index in [2.05, 4.69) is 11.2 Å². The van der Waals surface area contributed by atoms with E-state index in [1.807, 2.05) is 6.92 Å². The molecule has 6 rings (SSSR count). The third-order valence-electron chi connectivity index (χ3n) is 6.12. The molecule has 25 heavy (non-hydrogen) atoms. The average molecular weight is 342 g/mol. The summed E-state index contributed by atoms with van der Waals surface area (Å²) in [5, 5.41) is 13.7. The van der Waals surface area contributed by atoms with Crippen molar-refractivity contribution in [3.63, 3.8) is 0 Å². The largest absolute Gasteiger partial charge is 0.347 e. The van der Waals surface area contributed by atoms with Crippen LogP contribution in [0.1, 0.15) is 56.0 Å². The van der Waals surface area contributed by atoms with E-state index in [0.29, 0.717) is 37.1 Å². The minimum atomic E-state index is -0.646. The monoisotopic (exact) mass is 342 g/mol. The summed E-state index contributed by atoms with van der Waals surface area (Å²) in [5.74, 6) is -0.600. The van der Waals surface area contributed by atoms with Crippen LogP contribution in [0.25, 0.3) is 0 Å². The van der Waals surface area contributed by atoms with Crippen LogP contribution in [-0.2, 0) is 5.54 Å². The molecule has 1 aromatic heterocycles. The number of aromatic nitrogens is 3. The van der Waals surface area contributed by atoms with Gasteiger partial charge in [-0.05, 0) is 43.4 Å². The van der Waals surface area contributed by atoms with E-state index in [-0.39, 0.29) is 22.6 Å². The zero-order chi connectivity index (χ0) is 17.6. The molecule has 5 nitrogen and oxygen atoms in total. The third-order valence-corrected chi connectivity index (χ3v) is 6.12. The molecular weight excluding hydrogens is 326 g/mol. The highest BCUT2D eigenvalue weighted by Crippen LogP contribution is 2.70. The van der Waals surface area contributed by atoms with Crippen LogP contribution < -0.4 is 5.69 Å². The first-order chi connectivity index (χ1) is 11.9. The second-order valence-electron chi connectivity index (χ2n) is 7.92. The van der Waals surface area contributed by atoms with Crippen molar-refractivity contribution in [2.24, 2.45) is 5.41 Å². The van der Waals surface area contributed by atoms with Crippen molar-refractivity contribution in [2.45, 2.75) is 50.1 Å². The van der Waals surface area contributed by atoms with Crippen LogP contribution in [-0.4, -0.2) is 14.3 Å². The summed E-state index contributed by atoms with van der Waals surface area (Å²) in [5.41, 5.74) is -0.387. The fraction of sp³-hybridized carbons (Fsp3) is 0.500. The van der Waals surface area contributed by atoms with Crippen molar-refractivity contribution in [3.8, 4) is 6.07 Å². The molecule has 3 saturated carbocycles. The zero-order valence-electron chi connectivity index (χ0n) is 13.7. The van der Waals surface area contributed by atoms with Gasteiger partial charge in [0.05, 0.1) is 23.1 Å². The maximum atomic E-state index is 13.6. The Kier molecular flexibility index (Phi) is 2.59. The Morgan fingerprint density at radius 1 is 1.24 bits per heavy atom. The summed E-state index contributed by atoms with van der Waals surface area (Å²) < 4.78 is 30.4. The summed E-state index contributed by atoms with van der Waals surface area (Å²) in [6, 6.07) is 5.32. The van der Waals surface area contributed by atoms with Gasteiger partial charge in [0, 0.05) is 12.0 Å². The lowest BCUT2D eigenvalue weighted by atomic mass is 9.40. The molecule has 2 atom stereocenters. The Bertz CT molecular complexity index is 975. The van der Waals surface area contributed by atoms with Crippen molar-refractivity contribution >= 4 is 0 Å². The van der Waals surface area contributed by atoms with Gasteiger partial charge in [0.1, 0.15) is 17.5 Å². The molecule has 128 valence electrons. The molecule has 3 fully saturated rings. The molecule has 0 amide bonds. The van der Waals surface area contributed by atoms with Crippen LogP contribution in [0.15, 0.2) is 23.0 Å². The van der Waals surface area contributed by atoms with Gasteiger partial charge in [-0.15, -0.1) is 0 Å². The Hall–Kier alpha value is -2.49. The lowest BCUT2D eigenvalue weighted by Gasteiger charge is -2.65. The maximum absolute atomic E-state index is 13.6. The molecule has 7 heteroatoms. The van der Waals surface area contributed by atoms with Gasteiger partial charge in [0.2, 0.25) is 0 Å². The summed E-state index contributed by atoms with van der Waals surface area (Å²) in [4.78, 5) is 13.0. The predicted molar refractivity (Wildman–Crippen MR) is 83.9 cm³/mol. The molecule has 1 aromatic carbocycles. The predicted octanol–water partition coefficient (Wildman–Crippen LogP) is 2.82.